The van der Waals surface area contributed by atoms with Crippen LogP contribution in [0.5, 0.6) is 11.5 Å². The van der Waals surface area contributed by atoms with E-state index < -0.39 is 53.0 Å². The van der Waals surface area contributed by atoms with Gasteiger partial charge in [0.1, 0.15) is 22.7 Å². The third-order valence-corrected chi connectivity index (χ3v) is 4.07. The molecule has 5 nitrogen and oxygen atoms in total. The number of carbonyl (C=O) groups excluding carboxylic acids is 1. The Kier molecular flexibility index (Phi) is 6.80. The summed E-state index contributed by atoms with van der Waals surface area (Å²) in [6.07, 6.45) is -6.29. The number of ether oxygens (including phenoxy) is 2. The third kappa shape index (κ3) is 4.42. The average molecular weight is 440 g/mol. The molecule has 0 atom stereocenters. The lowest BCUT2D eigenvalue weighted by atomic mass is 10.0. The van der Waals surface area contributed by atoms with E-state index in [9.17, 15) is 35.5 Å². The Morgan fingerprint density at radius 3 is 1.87 bits per heavy atom. The molecule has 0 radical (unpaired) electrons. The fourth-order valence-corrected chi connectivity index (χ4v) is 2.68. The Bertz CT molecular complexity index is 948. The molecule has 0 bridgehead atoms. The second-order valence-electron chi connectivity index (χ2n) is 5.91. The Morgan fingerprint density at radius 2 is 1.43 bits per heavy atom. The minimum atomic E-state index is -5.69. The van der Waals surface area contributed by atoms with Crippen molar-refractivity contribution in [2.75, 3.05) is 19.5 Å². The lowest BCUT2D eigenvalue weighted by Crippen LogP contribution is -2.21. The van der Waals surface area contributed by atoms with Gasteiger partial charge in [0, 0.05) is 23.7 Å². The maximum absolute atomic E-state index is 13.9. The van der Waals surface area contributed by atoms with Gasteiger partial charge in [-0.2, -0.15) is 13.2 Å². The van der Waals surface area contributed by atoms with Crippen LogP contribution in [-0.2, 0) is 23.9 Å². The molecule has 164 valence electrons. The van der Waals surface area contributed by atoms with Crippen molar-refractivity contribution in [3.8, 4) is 11.5 Å². The van der Waals surface area contributed by atoms with Crippen LogP contribution in [0.1, 0.15) is 16.7 Å². The number of carbonyl (C=O) groups is 1. The highest BCUT2D eigenvalue weighted by molar-refractivity contribution is 5.93. The molecule has 0 saturated carbocycles. The van der Waals surface area contributed by atoms with E-state index in [0.29, 0.717) is 11.3 Å². The third-order valence-electron chi connectivity index (χ3n) is 4.07. The van der Waals surface area contributed by atoms with Gasteiger partial charge in [-0.1, -0.05) is 0 Å². The fourth-order valence-electron chi connectivity index (χ4n) is 2.68. The quantitative estimate of drug-likeness (QED) is 0.528. The van der Waals surface area contributed by atoms with E-state index in [4.69, 9.17) is 15.2 Å². The van der Waals surface area contributed by atoms with Gasteiger partial charge < -0.3 is 20.5 Å². The lowest BCUT2D eigenvalue weighted by Gasteiger charge is -2.16. The predicted octanol–water partition coefficient (Wildman–Crippen LogP) is 3.92. The van der Waals surface area contributed by atoms with Gasteiger partial charge in [-0.05, 0) is 6.07 Å². The van der Waals surface area contributed by atoms with Crippen LogP contribution in [0.25, 0.3) is 0 Å². The number of amides is 1. The van der Waals surface area contributed by atoms with Crippen molar-refractivity contribution in [1.29, 1.82) is 0 Å². The van der Waals surface area contributed by atoms with Crippen molar-refractivity contribution in [2.24, 2.45) is 5.73 Å². The Morgan fingerprint density at radius 1 is 0.933 bits per heavy atom. The molecule has 0 aliphatic heterocycles. The second-order valence-corrected chi connectivity index (χ2v) is 5.91. The minimum Gasteiger partial charge on any atom is -0.496 e. The highest BCUT2D eigenvalue weighted by atomic mass is 19.4. The summed E-state index contributed by atoms with van der Waals surface area (Å²) in [5, 5.41) is 1.55. The van der Waals surface area contributed by atoms with Crippen molar-refractivity contribution < 1.29 is 45.0 Å². The fraction of sp³-hybridized carbons (Fsp3) is 0.278. The molecule has 1 amide bonds. The van der Waals surface area contributed by atoms with Crippen LogP contribution >= 0.6 is 0 Å². The summed E-state index contributed by atoms with van der Waals surface area (Å²) in [7, 11) is 2.62. The molecule has 0 unspecified atom stereocenters. The number of benzene rings is 2. The van der Waals surface area contributed by atoms with Crippen LogP contribution < -0.4 is 20.5 Å². The molecule has 0 saturated heterocycles. The van der Waals surface area contributed by atoms with E-state index in [-0.39, 0.29) is 17.9 Å². The highest BCUT2D eigenvalue weighted by Gasteiger charge is 2.42. The van der Waals surface area contributed by atoms with Crippen LogP contribution in [-0.4, -0.2) is 20.1 Å². The van der Waals surface area contributed by atoms with E-state index in [1.807, 2.05) is 0 Å². The maximum Gasteiger partial charge on any atom is 0.422 e. The van der Waals surface area contributed by atoms with Crippen LogP contribution in [0.3, 0.4) is 0 Å². The molecule has 0 aliphatic rings. The smallest absolute Gasteiger partial charge is 0.422 e. The van der Waals surface area contributed by atoms with Crippen molar-refractivity contribution >= 4 is 11.6 Å². The molecule has 2 aromatic carbocycles. The van der Waals surface area contributed by atoms with E-state index in [2.05, 4.69) is 0 Å². The number of alkyl halides is 3. The average Bonchev–Trinajstić information content (AvgIpc) is 2.68. The Labute approximate surface area is 165 Å². The van der Waals surface area contributed by atoms with Crippen LogP contribution in [0.4, 0.5) is 36.4 Å². The molecule has 0 spiro atoms. The van der Waals surface area contributed by atoms with E-state index in [1.165, 1.54) is 26.4 Å². The number of halogens is 7. The number of hydrogen-bond acceptors (Lipinski definition) is 4. The lowest BCUT2D eigenvalue weighted by molar-refractivity contribution is -0.143. The van der Waals surface area contributed by atoms with Crippen molar-refractivity contribution in [1.82, 2.24) is 0 Å². The molecule has 0 aliphatic carbocycles. The molecule has 12 heteroatoms. The predicted molar refractivity (Wildman–Crippen MR) is 91.0 cm³/mol. The number of nitrogens with two attached hydrogens (primary N) is 1. The summed E-state index contributed by atoms with van der Waals surface area (Å²) in [6.45, 7) is 0.000367. The Balaban J connectivity index is 2.41. The normalized spacial score (nSPS) is 11.4. The topological polar surface area (TPSA) is 73.6 Å². The van der Waals surface area contributed by atoms with E-state index in [0.717, 1.165) is 0 Å². The first-order valence-corrected chi connectivity index (χ1v) is 8.13. The zero-order chi connectivity index (χ0) is 22.8. The SMILES string of the molecule is COc1cc(OC)c(CC(=O)Nc2c(F)c(F)c(C(F)(F)F)c(F)c2F)cc1CN. The number of nitrogens with one attached hydrogen (secondary N) is 1. The maximum atomic E-state index is 13.9. The largest absolute Gasteiger partial charge is 0.496 e. The van der Waals surface area contributed by atoms with Gasteiger partial charge >= 0.3 is 6.18 Å². The number of hydrogen-bond donors (Lipinski definition) is 2. The van der Waals surface area contributed by atoms with E-state index in [1.54, 1.807) is 5.32 Å². The molecule has 2 aromatic rings. The molecular weight excluding hydrogens is 425 g/mol. The molecule has 0 heterocycles. The molecule has 2 rings (SSSR count). The molecule has 3 N–H and O–H groups in total. The van der Waals surface area contributed by atoms with Gasteiger partial charge in [0.25, 0.3) is 0 Å². The van der Waals surface area contributed by atoms with Crippen molar-refractivity contribution in [2.45, 2.75) is 19.1 Å². The summed E-state index contributed by atoms with van der Waals surface area (Å²) in [6, 6.07) is 2.79. The van der Waals surface area contributed by atoms with Crippen molar-refractivity contribution in [3.63, 3.8) is 0 Å². The molecule has 0 fully saturated rings. The van der Waals surface area contributed by atoms with Crippen LogP contribution in [0.15, 0.2) is 12.1 Å². The summed E-state index contributed by atoms with van der Waals surface area (Å²) in [4.78, 5) is 12.2. The molecular formula is C18H15F7N2O3. The van der Waals surface area contributed by atoms with Gasteiger partial charge in [0.05, 0.1) is 20.6 Å². The monoisotopic (exact) mass is 440 g/mol. The summed E-state index contributed by atoms with van der Waals surface area (Å²) < 4.78 is 103. The summed E-state index contributed by atoms with van der Waals surface area (Å²) in [5.41, 5.74) is 1.77. The van der Waals surface area contributed by atoms with Gasteiger partial charge in [-0.15, -0.1) is 0 Å². The number of anilines is 1. The van der Waals surface area contributed by atoms with Crippen molar-refractivity contribution in [3.05, 3.63) is 52.1 Å². The molecule has 0 aromatic heterocycles. The highest BCUT2D eigenvalue weighted by Crippen LogP contribution is 2.38. The number of rotatable bonds is 6. The summed E-state index contributed by atoms with van der Waals surface area (Å²) in [5.74, 6) is -10.9. The standard InChI is InChI=1S/C18H15F7N2O3/c1-29-9-5-10(30-2)8(6-26)3-7(9)4-11(28)27-17-15(21)13(19)12(18(23,24)25)14(20)16(17)22/h3,5H,4,6,26H2,1-2H3,(H,27,28). The first kappa shape index (κ1) is 23.3. The first-order valence-electron chi connectivity index (χ1n) is 8.13. The van der Waals surface area contributed by atoms with Crippen LogP contribution in [0, 0.1) is 23.3 Å². The summed E-state index contributed by atoms with van der Waals surface area (Å²) >= 11 is 0. The van der Waals surface area contributed by atoms with E-state index >= 15 is 0 Å². The second kappa shape index (κ2) is 8.78. The van der Waals surface area contributed by atoms with Gasteiger partial charge in [-0.25, -0.2) is 17.6 Å². The zero-order valence-corrected chi connectivity index (χ0v) is 15.5. The number of methoxy groups -OCH3 is 2. The van der Waals surface area contributed by atoms with Gasteiger partial charge in [0.2, 0.25) is 5.91 Å². The Hall–Kier alpha value is -3.02. The first-order chi connectivity index (χ1) is 14.0. The zero-order valence-electron chi connectivity index (χ0n) is 15.5. The molecule has 30 heavy (non-hydrogen) atoms. The van der Waals surface area contributed by atoms with Gasteiger partial charge in [-0.3, -0.25) is 4.79 Å². The minimum absolute atomic E-state index is 0.000367. The van der Waals surface area contributed by atoms with Gasteiger partial charge in [0.15, 0.2) is 23.3 Å². The van der Waals surface area contributed by atoms with Crippen LogP contribution in [0.2, 0.25) is 0 Å².